The Hall–Kier alpha value is -2.97. The first-order valence-corrected chi connectivity index (χ1v) is 9.66. The minimum atomic E-state index is 0.101. The maximum Gasteiger partial charge on any atom is 0.299 e. The number of carbonyl (C=O) groups excluding carboxylic acids is 1. The summed E-state index contributed by atoms with van der Waals surface area (Å²) in [5.74, 6) is 1.40. The number of rotatable bonds is 6. The highest BCUT2D eigenvalue weighted by Gasteiger charge is 2.27. The van der Waals surface area contributed by atoms with Gasteiger partial charge in [-0.25, -0.2) is 4.98 Å². The zero-order chi connectivity index (χ0) is 19.5. The molecule has 0 radical (unpaired) electrons. The van der Waals surface area contributed by atoms with Crippen molar-refractivity contribution in [1.82, 2.24) is 25.0 Å². The predicted octanol–water partition coefficient (Wildman–Crippen LogP) is 2.57. The topological polar surface area (TPSA) is 101 Å². The number of amides is 1. The van der Waals surface area contributed by atoms with Crippen LogP contribution in [0.1, 0.15) is 37.9 Å². The molecule has 0 bridgehead atoms. The van der Waals surface area contributed by atoms with Crippen LogP contribution in [0.15, 0.2) is 27.3 Å². The molecule has 1 amide bonds. The second-order valence-corrected chi connectivity index (χ2v) is 7.12. The Labute approximate surface area is 162 Å². The van der Waals surface area contributed by atoms with Crippen LogP contribution in [0.25, 0.3) is 11.2 Å². The van der Waals surface area contributed by atoms with Gasteiger partial charge in [0.1, 0.15) is 0 Å². The second kappa shape index (κ2) is 7.95. The smallest absolute Gasteiger partial charge is 0.299 e. The van der Waals surface area contributed by atoms with Gasteiger partial charge >= 0.3 is 0 Å². The van der Waals surface area contributed by atoms with Crippen LogP contribution in [-0.4, -0.2) is 50.5 Å². The highest BCUT2D eigenvalue weighted by molar-refractivity contribution is 5.76. The lowest BCUT2D eigenvalue weighted by atomic mass is 9.94. The molecule has 0 N–H and O–H groups in total. The lowest BCUT2D eigenvalue weighted by Gasteiger charge is -2.32. The molecular weight excluding hydrogens is 360 g/mol. The molecule has 3 aromatic rings. The molecule has 1 aliphatic rings. The fraction of sp³-hybridized carbons (Fsp3) is 0.526. The second-order valence-electron chi connectivity index (χ2n) is 7.12. The number of aromatic nitrogens is 4. The first kappa shape index (κ1) is 18.4. The van der Waals surface area contributed by atoms with Gasteiger partial charge in [-0.3, -0.25) is 4.79 Å². The zero-order valence-electron chi connectivity index (χ0n) is 16.2. The summed E-state index contributed by atoms with van der Waals surface area (Å²) in [4.78, 5) is 29.6. The molecule has 1 unspecified atom stereocenters. The van der Waals surface area contributed by atoms with Gasteiger partial charge in [0, 0.05) is 32.3 Å². The van der Waals surface area contributed by atoms with Gasteiger partial charge in [0.25, 0.3) is 6.01 Å². The van der Waals surface area contributed by atoms with E-state index in [1.807, 2.05) is 19.1 Å². The fourth-order valence-corrected chi connectivity index (χ4v) is 3.62. The van der Waals surface area contributed by atoms with E-state index in [0.29, 0.717) is 48.5 Å². The molecule has 1 fully saturated rings. The van der Waals surface area contributed by atoms with Crippen LogP contribution in [0, 0.1) is 12.8 Å². The number of carbonyl (C=O) groups is 1. The summed E-state index contributed by atoms with van der Waals surface area (Å²) in [5.41, 5.74) is 1.30. The van der Waals surface area contributed by atoms with E-state index in [2.05, 4.69) is 25.0 Å². The van der Waals surface area contributed by atoms with Gasteiger partial charge in [-0.2, -0.15) is 9.97 Å². The molecule has 4 heterocycles. The van der Waals surface area contributed by atoms with E-state index in [9.17, 15) is 4.79 Å². The number of fused-ring (bicyclic) bond motifs is 1. The lowest BCUT2D eigenvalue weighted by molar-refractivity contribution is -0.133. The number of piperidine rings is 1. The van der Waals surface area contributed by atoms with Gasteiger partial charge in [-0.1, -0.05) is 5.16 Å². The molecule has 1 saturated heterocycles. The van der Waals surface area contributed by atoms with Crippen LogP contribution >= 0.6 is 0 Å². The van der Waals surface area contributed by atoms with Gasteiger partial charge in [0.15, 0.2) is 11.4 Å². The van der Waals surface area contributed by atoms with Gasteiger partial charge in [0.2, 0.25) is 17.4 Å². The van der Waals surface area contributed by atoms with Gasteiger partial charge < -0.3 is 18.7 Å². The summed E-state index contributed by atoms with van der Waals surface area (Å²) in [7, 11) is 0. The van der Waals surface area contributed by atoms with E-state index in [1.165, 1.54) is 0 Å². The van der Waals surface area contributed by atoms with E-state index >= 15 is 0 Å². The summed E-state index contributed by atoms with van der Waals surface area (Å²) >= 11 is 0. The summed E-state index contributed by atoms with van der Waals surface area (Å²) in [6.45, 7) is 6.30. The van der Waals surface area contributed by atoms with Crippen LogP contribution in [0.2, 0.25) is 0 Å². The van der Waals surface area contributed by atoms with E-state index in [4.69, 9.17) is 8.94 Å². The standard InChI is InChI=1S/C19H24N6O3/c1-3-24(12-16-21-13(2)23-28-16)17(26)10-14-6-5-9-25(11-14)19-22-18-15(27-19)7-4-8-20-18/h4,7-8,14H,3,5-6,9-12H2,1-2H3. The maximum absolute atomic E-state index is 12.8. The summed E-state index contributed by atoms with van der Waals surface area (Å²) in [5, 5.41) is 3.79. The minimum Gasteiger partial charge on any atom is -0.422 e. The third-order valence-corrected chi connectivity index (χ3v) is 5.04. The average molecular weight is 384 g/mol. The van der Waals surface area contributed by atoms with E-state index in [-0.39, 0.29) is 11.8 Å². The lowest BCUT2D eigenvalue weighted by Crippen LogP contribution is -2.39. The SMILES string of the molecule is CCN(Cc1nc(C)no1)C(=O)CC1CCCN(c2nc3ncccc3o2)C1. The van der Waals surface area contributed by atoms with Crippen molar-refractivity contribution in [2.45, 2.75) is 39.7 Å². The van der Waals surface area contributed by atoms with E-state index < -0.39 is 0 Å². The van der Waals surface area contributed by atoms with Gasteiger partial charge in [-0.05, 0) is 44.7 Å². The van der Waals surface area contributed by atoms with Crippen LogP contribution in [0.3, 0.4) is 0 Å². The fourth-order valence-electron chi connectivity index (χ4n) is 3.62. The highest BCUT2D eigenvalue weighted by atomic mass is 16.5. The molecule has 0 spiro atoms. The molecule has 0 saturated carbocycles. The number of hydrogen-bond acceptors (Lipinski definition) is 8. The van der Waals surface area contributed by atoms with Crippen molar-refractivity contribution in [2.75, 3.05) is 24.5 Å². The Bertz CT molecular complexity index is 919. The average Bonchev–Trinajstić information content (AvgIpc) is 3.32. The Balaban J connectivity index is 1.39. The van der Waals surface area contributed by atoms with Crippen molar-refractivity contribution in [3.8, 4) is 0 Å². The van der Waals surface area contributed by atoms with Crippen molar-refractivity contribution in [1.29, 1.82) is 0 Å². The third-order valence-electron chi connectivity index (χ3n) is 5.04. The summed E-state index contributed by atoms with van der Waals surface area (Å²) in [6, 6.07) is 4.28. The maximum atomic E-state index is 12.8. The summed E-state index contributed by atoms with van der Waals surface area (Å²) < 4.78 is 11.0. The Morgan fingerprint density at radius 3 is 3.04 bits per heavy atom. The summed E-state index contributed by atoms with van der Waals surface area (Å²) in [6.07, 6.45) is 4.20. The number of oxazole rings is 1. The molecule has 0 aliphatic carbocycles. The Kier molecular flexibility index (Phi) is 5.23. The normalized spacial score (nSPS) is 17.2. The molecule has 0 aromatic carbocycles. The van der Waals surface area contributed by atoms with Crippen molar-refractivity contribution in [3.63, 3.8) is 0 Å². The van der Waals surface area contributed by atoms with Crippen LogP contribution < -0.4 is 4.90 Å². The Morgan fingerprint density at radius 2 is 2.29 bits per heavy atom. The predicted molar refractivity (Wildman–Crippen MR) is 101 cm³/mol. The number of nitrogens with zero attached hydrogens (tertiary/aromatic N) is 6. The van der Waals surface area contributed by atoms with Crippen LogP contribution in [0.5, 0.6) is 0 Å². The highest BCUT2D eigenvalue weighted by Crippen LogP contribution is 2.27. The number of anilines is 1. The minimum absolute atomic E-state index is 0.101. The number of hydrogen-bond donors (Lipinski definition) is 0. The van der Waals surface area contributed by atoms with Crippen molar-refractivity contribution in [3.05, 3.63) is 30.0 Å². The molecular formula is C19H24N6O3. The Morgan fingerprint density at radius 1 is 1.39 bits per heavy atom. The monoisotopic (exact) mass is 384 g/mol. The van der Waals surface area contributed by atoms with Gasteiger partial charge in [-0.15, -0.1) is 0 Å². The van der Waals surface area contributed by atoms with E-state index in [0.717, 1.165) is 25.9 Å². The number of pyridine rings is 1. The molecule has 1 aliphatic heterocycles. The van der Waals surface area contributed by atoms with Crippen molar-refractivity contribution in [2.24, 2.45) is 5.92 Å². The molecule has 28 heavy (non-hydrogen) atoms. The van der Waals surface area contributed by atoms with Gasteiger partial charge in [0.05, 0.1) is 6.54 Å². The number of aryl methyl sites for hydroxylation is 1. The molecule has 148 valence electrons. The molecule has 3 aromatic heterocycles. The van der Waals surface area contributed by atoms with Crippen LogP contribution in [-0.2, 0) is 11.3 Å². The molecule has 4 rings (SSSR count). The third kappa shape index (κ3) is 3.97. The first-order chi connectivity index (χ1) is 13.6. The largest absolute Gasteiger partial charge is 0.422 e. The van der Waals surface area contributed by atoms with Crippen LogP contribution in [0.4, 0.5) is 6.01 Å². The quantitative estimate of drug-likeness (QED) is 0.639. The molecule has 9 heteroatoms. The van der Waals surface area contributed by atoms with E-state index in [1.54, 1.807) is 18.0 Å². The molecule has 9 nitrogen and oxygen atoms in total. The first-order valence-electron chi connectivity index (χ1n) is 9.66. The van der Waals surface area contributed by atoms with Crippen molar-refractivity contribution < 1.29 is 13.7 Å². The zero-order valence-corrected chi connectivity index (χ0v) is 16.2. The van der Waals surface area contributed by atoms with Crippen molar-refractivity contribution >= 4 is 23.2 Å². The molecule has 1 atom stereocenters.